The van der Waals surface area contributed by atoms with Crippen molar-refractivity contribution in [1.29, 1.82) is 0 Å². The fourth-order valence-corrected chi connectivity index (χ4v) is 2.11. The number of ether oxygens (including phenoxy) is 1. The summed E-state index contributed by atoms with van der Waals surface area (Å²) < 4.78 is 6.87. The molecule has 1 heterocycles. The van der Waals surface area contributed by atoms with E-state index in [4.69, 9.17) is 4.74 Å². The summed E-state index contributed by atoms with van der Waals surface area (Å²) in [6.07, 6.45) is 3.40. The van der Waals surface area contributed by atoms with Gasteiger partial charge in [0.2, 0.25) is 5.88 Å². The number of halogens is 1. The summed E-state index contributed by atoms with van der Waals surface area (Å²) >= 11 is 3.55. The summed E-state index contributed by atoms with van der Waals surface area (Å²) in [7, 11) is 0. The van der Waals surface area contributed by atoms with Gasteiger partial charge in [0, 0.05) is 17.1 Å². The van der Waals surface area contributed by atoms with Crippen LogP contribution in [0.3, 0.4) is 0 Å². The molecule has 0 aliphatic rings. The quantitative estimate of drug-likeness (QED) is 0.880. The maximum atomic E-state index is 5.76. The first-order chi connectivity index (χ1) is 9.95. The molecule has 112 valence electrons. The Hall–Kier alpha value is -1.46. The van der Waals surface area contributed by atoms with E-state index in [1.165, 1.54) is 0 Å². The molecule has 0 spiro atoms. The van der Waals surface area contributed by atoms with Crippen LogP contribution in [0, 0.1) is 13.8 Å². The van der Waals surface area contributed by atoms with E-state index in [1.807, 2.05) is 26.0 Å². The van der Waals surface area contributed by atoms with Crippen molar-refractivity contribution in [2.24, 2.45) is 0 Å². The molecule has 0 aliphatic heterocycles. The van der Waals surface area contributed by atoms with Gasteiger partial charge in [-0.3, -0.25) is 4.98 Å². The summed E-state index contributed by atoms with van der Waals surface area (Å²) in [6, 6.07) is 4.39. The Kier molecular flexibility index (Phi) is 5.31. The average Bonchev–Trinajstić information content (AvgIpc) is 2.44. The van der Waals surface area contributed by atoms with Gasteiger partial charge >= 0.3 is 0 Å². The zero-order chi connectivity index (χ0) is 15.4. The first-order valence-corrected chi connectivity index (χ1v) is 7.74. The van der Waals surface area contributed by atoms with E-state index in [2.05, 4.69) is 45.1 Å². The Morgan fingerprint density at radius 1 is 1.14 bits per heavy atom. The maximum absolute atomic E-state index is 5.76. The number of hydrogen-bond acceptors (Lipinski definition) is 4. The van der Waals surface area contributed by atoms with E-state index in [9.17, 15) is 0 Å². The number of aryl methyl sites for hydroxylation is 2. The van der Waals surface area contributed by atoms with Gasteiger partial charge in [-0.15, -0.1) is 0 Å². The van der Waals surface area contributed by atoms with Gasteiger partial charge in [-0.25, -0.2) is 4.98 Å². The molecule has 0 fully saturated rings. The van der Waals surface area contributed by atoms with Crippen LogP contribution >= 0.6 is 15.9 Å². The lowest BCUT2D eigenvalue weighted by Gasteiger charge is -2.10. The van der Waals surface area contributed by atoms with Crippen molar-refractivity contribution in [3.05, 3.63) is 45.8 Å². The zero-order valence-corrected chi connectivity index (χ0v) is 14.4. The highest BCUT2D eigenvalue weighted by molar-refractivity contribution is 9.10. The van der Waals surface area contributed by atoms with Crippen LogP contribution in [0.15, 0.2) is 29.0 Å². The largest absolute Gasteiger partial charge is 0.437 e. The molecular weight excluding hydrogens is 330 g/mol. The van der Waals surface area contributed by atoms with Crippen LogP contribution in [-0.2, 0) is 6.54 Å². The lowest BCUT2D eigenvalue weighted by Crippen LogP contribution is -2.22. The predicted octanol–water partition coefficient (Wildman–Crippen LogP) is 4.15. The van der Waals surface area contributed by atoms with Gasteiger partial charge in [0.05, 0.1) is 18.1 Å². The van der Waals surface area contributed by atoms with Crippen molar-refractivity contribution in [1.82, 2.24) is 15.3 Å². The van der Waals surface area contributed by atoms with Crippen LogP contribution in [0.4, 0.5) is 0 Å². The lowest BCUT2D eigenvalue weighted by molar-refractivity contribution is 0.457. The molecule has 0 saturated heterocycles. The van der Waals surface area contributed by atoms with E-state index in [0.29, 0.717) is 18.5 Å². The number of rotatable bonds is 5. The van der Waals surface area contributed by atoms with Crippen LogP contribution in [-0.4, -0.2) is 16.0 Å². The normalized spacial score (nSPS) is 11.0. The molecule has 0 radical (unpaired) electrons. The van der Waals surface area contributed by atoms with Crippen LogP contribution < -0.4 is 10.1 Å². The molecule has 1 aromatic carbocycles. The van der Waals surface area contributed by atoms with E-state index in [0.717, 1.165) is 27.0 Å². The van der Waals surface area contributed by atoms with E-state index < -0.39 is 0 Å². The van der Waals surface area contributed by atoms with Crippen molar-refractivity contribution in [3.63, 3.8) is 0 Å². The number of hydrogen-bond donors (Lipinski definition) is 1. The van der Waals surface area contributed by atoms with Gasteiger partial charge in [-0.05, 0) is 37.1 Å². The molecule has 0 bridgehead atoms. The van der Waals surface area contributed by atoms with Gasteiger partial charge in [0.25, 0.3) is 0 Å². The summed E-state index contributed by atoms with van der Waals surface area (Å²) in [5.41, 5.74) is 3.17. The van der Waals surface area contributed by atoms with Crippen molar-refractivity contribution in [2.45, 2.75) is 40.3 Å². The number of nitrogens with zero attached hydrogens (tertiary/aromatic N) is 2. The molecule has 4 nitrogen and oxygen atoms in total. The molecule has 0 amide bonds. The maximum Gasteiger partial charge on any atom is 0.237 e. The van der Waals surface area contributed by atoms with Gasteiger partial charge < -0.3 is 10.1 Å². The highest BCUT2D eigenvalue weighted by Crippen LogP contribution is 2.28. The van der Waals surface area contributed by atoms with Gasteiger partial charge in [-0.1, -0.05) is 29.8 Å². The third-order valence-electron chi connectivity index (χ3n) is 3.01. The Labute approximate surface area is 134 Å². The summed E-state index contributed by atoms with van der Waals surface area (Å²) in [5, 5.41) is 3.30. The van der Waals surface area contributed by atoms with E-state index in [1.54, 1.807) is 12.4 Å². The minimum absolute atomic E-state index is 0.427. The molecule has 2 rings (SSSR count). The summed E-state index contributed by atoms with van der Waals surface area (Å²) in [6.45, 7) is 8.99. The first-order valence-electron chi connectivity index (χ1n) is 6.94. The minimum Gasteiger partial charge on any atom is -0.437 e. The van der Waals surface area contributed by atoms with E-state index in [-0.39, 0.29) is 0 Å². The molecule has 0 atom stereocenters. The molecule has 0 unspecified atom stereocenters. The summed E-state index contributed by atoms with van der Waals surface area (Å²) in [4.78, 5) is 8.65. The average molecular weight is 350 g/mol. The van der Waals surface area contributed by atoms with Crippen LogP contribution in [0.5, 0.6) is 11.6 Å². The fraction of sp³-hybridized carbons (Fsp3) is 0.375. The molecule has 21 heavy (non-hydrogen) atoms. The first kappa shape index (κ1) is 15.9. The Bertz CT molecular complexity index is 588. The molecule has 1 N–H and O–H groups in total. The SMILES string of the molecule is Cc1cc(Oc2cnc(CNC(C)C)cn2)cc(C)c1Br. The van der Waals surface area contributed by atoms with Crippen molar-refractivity contribution in [3.8, 4) is 11.6 Å². The molecule has 0 aliphatic carbocycles. The van der Waals surface area contributed by atoms with E-state index >= 15 is 0 Å². The second kappa shape index (κ2) is 7.00. The number of nitrogens with one attached hydrogen (secondary N) is 1. The van der Waals surface area contributed by atoms with Crippen LogP contribution in [0.2, 0.25) is 0 Å². The minimum atomic E-state index is 0.427. The molecule has 0 saturated carbocycles. The smallest absolute Gasteiger partial charge is 0.237 e. The Morgan fingerprint density at radius 3 is 2.33 bits per heavy atom. The fourth-order valence-electron chi connectivity index (χ4n) is 1.88. The number of benzene rings is 1. The number of aromatic nitrogens is 2. The van der Waals surface area contributed by atoms with Gasteiger partial charge in [-0.2, -0.15) is 0 Å². The van der Waals surface area contributed by atoms with Crippen molar-refractivity contribution < 1.29 is 4.74 Å². The third-order valence-corrected chi connectivity index (χ3v) is 4.26. The molecular formula is C16H20BrN3O. The Balaban J connectivity index is 2.06. The predicted molar refractivity (Wildman–Crippen MR) is 87.7 cm³/mol. The topological polar surface area (TPSA) is 47.0 Å². The molecule has 2 aromatic rings. The van der Waals surface area contributed by atoms with Crippen LogP contribution in [0.1, 0.15) is 30.7 Å². The molecule has 5 heteroatoms. The monoisotopic (exact) mass is 349 g/mol. The van der Waals surface area contributed by atoms with Gasteiger partial charge in [0.1, 0.15) is 5.75 Å². The highest BCUT2D eigenvalue weighted by atomic mass is 79.9. The van der Waals surface area contributed by atoms with Crippen LogP contribution in [0.25, 0.3) is 0 Å². The van der Waals surface area contributed by atoms with Crippen molar-refractivity contribution in [2.75, 3.05) is 0 Å². The second-order valence-corrected chi connectivity index (χ2v) is 6.15. The standard InChI is InChI=1S/C16H20BrN3O/c1-10(2)18-7-13-8-20-15(9-19-13)21-14-5-11(3)16(17)12(4)6-14/h5-6,8-10,18H,7H2,1-4H3. The lowest BCUT2D eigenvalue weighted by atomic mass is 10.1. The Morgan fingerprint density at radius 2 is 1.81 bits per heavy atom. The van der Waals surface area contributed by atoms with Crippen molar-refractivity contribution >= 4 is 15.9 Å². The highest BCUT2D eigenvalue weighted by Gasteiger charge is 2.06. The second-order valence-electron chi connectivity index (χ2n) is 5.35. The van der Waals surface area contributed by atoms with Gasteiger partial charge in [0.15, 0.2) is 0 Å². The molecule has 1 aromatic heterocycles. The zero-order valence-electron chi connectivity index (χ0n) is 12.8. The third kappa shape index (κ3) is 4.51. The summed E-state index contributed by atoms with van der Waals surface area (Å²) in [5.74, 6) is 1.28.